The molecule has 0 spiro atoms. The third-order valence-electron chi connectivity index (χ3n) is 4.01. The lowest BCUT2D eigenvalue weighted by atomic mass is 10.2. The van der Waals surface area contributed by atoms with Gasteiger partial charge in [-0.05, 0) is 38.1 Å². The molecule has 1 saturated heterocycles. The molecule has 0 radical (unpaired) electrons. The number of likely N-dealkylation sites (tertiary alicyclic amines) is 1. The highest BCUT2D eigenvalue weighted by Crippen LogP contribution is 2.15. The Morgan fingerprint density at radius 1 is 1.55 bits per heavy atom. The van der Waals surface area contributed by atoms with Crippen molar-refractivity contribution >= 4 is 12.2 Å². The van der Waals surface area contributed by atoms with E-state index in [0.29, 0.717) is 24.7 Å². The first kappa shape index (κ1) is 16.6. The van der Waals surface area contributed by atoms with E-state index in [1.54, 1.807) is 18.3 Å². The Morgan fingerprint density at radius 3 is 3.18 bits per heavy atom. The smallest absolute Gasteiger partial charge is 0.234 e. The van der Waals surface area contributed by atoms with Crippen LogP contribution in [0, 0.1) is 0 Å². The topological polar surface area (TPSA) is 74.3 Å². The largest absolute Gasteiger partial charge is 0.353 e. The van der Waals surface area contributed by atoms with Gasteiger partial charge in [0.15, 0.2) is 0 Å². The Kier molecular flexibility index (Phi) is 6.48. The molecular weight excluding hydrogens is 280 g/mol. The molecule has 6 heteroatoms. The molecule has 6 nitrogen and oxygen atoms in total. The Labute approximate surface area is 131 Å². The minimum absolute atomic E-state index is 0.00510. The molecule has 0 bridgehead atoms. The number of aldehydes is 1. The van der Waals surface area contributed by atoms with Crippen LogP contribution in [-0.4, -0.2) is 54.3 Å². The van der Waals surface area contributed by atoms with Crippen molar-refractivity contribution in [3.63, 3.8) is 0 Å². The number of rotatable bonds is 8. The molecule has 2 rings (SSSR count). The number of nitrogens with zero attached hydrogens (tertiary/aromatic N) is 2. The van der Waals surface area contributed by atoms with E-state index in [2.05, 4.69) is 27.4 Å². The minimum Gasteiger partial charge on any atom is -0.353 e. The van der Waals surface area contributed by atoms with Crippen LogP contribution in [-0.2, 0) is 11.3 Å². The molecular formula is C16H24N4O2. The molecule has 0 aromatic carbocycles. The van der Waals surface area contributed by atoms with Crippen molar-refractivity contribution in [2.24, 2.45) is 0 Å². The van der Waals surface area contributed by atoms with E-state index in [1.165, 1.54) is 6.42 Å². The highest BCUT2D eigenvalue weighted by molar-refractivity contribution is 5.78. The molecule has 1 fully saturated rings. The van der Waals surface area contributed by atoms with Gasteiger partial charge in [-0.3, -0.25) is 19.5 Å². The summed E-state index contributed by atoms with van der Waals surface area (Å²) in [5.41, 5.74) is 1.35. The van der Waals surface area contributed by atoms with Crippen molar-refractivity contribution in [1.29, 1.82) is 0 Å². The Hall–Kier alpha value is -1.79. The fraction of sp³-hybridized carbons (Fsp3) is 0.562. The molecule has 1 aromatic heterocycles. The van der Waals surface area contributed by atoms with E-state index in [0.717, 1.165) is 31.5 Å². The fourth-order valence-corrected chi connectivity index (χ4v) is 2.81. The number of amides is 1. The van der Waals surface area contributed by atoms with Crippen LogP contribution >= 0.6 is 0 Å². The normalized spacial score (nSPS) is 18.3. The van der Waals surface area contributed by atoms with E-state index in [-0.39, 0.29) is 12.5 Å². The molecule has 120 valence electrons. The highest BCUT2D eigenvalue weighted by Gasteiger charge is 2.22. The molecule has 2 N–H and O–H groups in total. The lowest BCUT2D eigenvalue weighted by Gasteiger charge is -2.22. The maximum absolute atomic E-state index is 11.8. The summed E-state index contributed by atoms with van der Waals surface area (Å²) >= 11 is 0. The number of hydrogen-bond acceptors (Lipinski definition) is 5. The zero-order valence-corrected chi connectivity index (χ0v) is 13.0. The van der Waals surface area contributed by atoms with Crippen LogP contribution in [0.5, 0.6) is 0 Å². The van der Waals surface area contributed by atoms with Crippen molar-refractivity contribution in [2.75, 3.05) is 26.2 Å². The van der Waals surface area contributed by atoms with Gasteiger partial charge in [0.05, 0.1) is 12.2 Å². The first-order chi connectivity index (χ1) is 10.7. The molecule has 1 aromatic rings. The number of hydrogen-bond donors (Lipinski definition) is 2. The van der Waals surface area contributed by atoms with Gasteiger partial charge in [0.1, 0.15) is 6.29 Å². The van der Waals surface area contributed by atoms with Crippen LogP contribution in [0.4, 0.5) is 0 Å². The maximum Gasteiger partial charge on any atom is 0.234 e. The van der Waals surface area contributed by atoms with Crippen LogP contribution in [0.2, 0.25) is 0 Å². The van der Waals surface area contributed by atoms with Crippen molar-refractivity contribution < 1.29 is 9.59 Å². The van der Waals surface area contributed by atoms with Crippen LogP contribution < -0.4 is 10.6 Å². The second-order valence-electron chi connectivity index (χ2n) is 5.53. The fourth-order valence-electron chi connectivity index (χ4n) is 2.81. The highest BCUT2D eigenvalue weighted by atomic mass is 16.1. The summed E-state index contributed by atoms with van der Waals surface area (Å²) in [6.07, 6.45) is 4.76. The third-order valence-corrected chi connectivity index (χ3v) is 4.01. The van der Waals surface area contributed by atoms with Gasteiger partial charge in [-0.2, -0.15) is 0 Å². The summed E-state index contributed by atoms with van der Waals surface area (Å²) in [5.74, 6) is -0.00510. The molecule has 0 aliphatic carbocycles. The lowest BCUT2D eigenvalue weighted by Crippen LogP contribution is -2.42. The number of carbonyl (C=O) groups is 2. The molecule has 1 atom stereocenters. The Bertz CT molecular complexity index is 507. The number of nitrogens with one attached hydrogen (secondary N) is 2. The standard InChI is InChI=1S/C16H24N4O2/c1-2-20-7-3-4-15(20)10-19-16(22)11-17-9-14-8-13(12-21)5-6-18-14/h5-6,8,12,15,17H,2-4,7,9-11H2,1H3,(H,19,22). The summed E-state index contributed by atoms with van der Waals surface area (Å²) in [6.45, 7) is 5.77. The summed E-state index contributed by atoms with van der Waals surface area (Å²) < 4.78 is 0. The van der Waals surface area contributed by atoms with Crippen molar-refractivity contribution in [1.82, 2.24) is 20.5 Å². The second kappa shape index (κ2) is 8.60. The van der Waals surface area contributed by atoms with Gasteiger partial charge < -0.3 is 10.6 Å². The average molecular weight is 304 g/mol. The average Bonchev–Trinajstić information content (AvgIpc) is 3.00. The van der Waals surface area contributed by atoms with Gasteiger partial charge in [-0.15, -0.1) is 0 Å². The molecule has 1 aliphatic rings. The Balaban J connectivity index is 1.66. The van der Waals surface area contributed by atoms with Gasteiger partial charge in [0.25, 0.3) is 0 Å². The first-order valence-electron chi connectivity index (χ1n) is 7.84. The summed E-state index contributed by atoms with van der Waals surface area (Å²) in [5, 5.41) is 6.03. The molecule has 1 amide bonds. The van der Waals surface area contributed by atoms with Crippen LogP contribution in [0.15, 0.2) is 18.3 Å². The van der Waals surface area contributed by atoms with Crippen molar-refractivity contribution in [2.45, 2.75) is 32.4 Å². The van der Waals surface area contributed by atoms with Crippen LogP contribution in [0.1, 0.15) is 35.8 Å². The monoisotopic (exact) mass is 304 g/mol. The molecule has 2 heterocycles. The van der Waals surface area contributed by atoms with E-state index >= 15 is 0 Å². The number of pyridine rings is 1. The maximum atomic E-state index is 11.8. The van der Waals surface area contributed by atoms with Crippen molar-refractivity contribution in [3.05, 3.63) is 29.6 Å². The van der Waals surface area contributed by atoms with Crippen LogP contribution in [0.3, 0.4) is 0 Å². The van der Waals surface area contributed by atoms with Crippen molar-refractivity contribution in [3.8, 4) is 0 Å². The predicted molar refractivity (Wildman–Crippen MR) is 84.6 cm³/mol. The zero-order valence-electron chi connectivity index (χ0n) is 13.0. The Morgan fingerprint density at radius 2 is 2.41 bits per heavy atom. The molecule has 1 aliphatic heterocycles. The summed E-state index contributed by atoms with van der Waals surface area (Å²) in [4.78, 5) is 29.1. The van der Waals surface area contributed by atoms with Gasteiger partial charge in [-0.1, -0.05) is 6.92 Å². The SMILES string of the molecule is CCN1CCCC1CNC(=O)CNCc1cc(C=O)ccn1. The lowest BCUT2D eigenvalue weighted by molar-refractivity contribution is -0.120. The van der Waals surface area contributed by atoms with E-state index in [1.807, 2.05) is 0 Å². The van der Waals surface area contributed by atoms with Gasteiger partial charge in [-0.25, -0.2) is 0 Å². The quantitative estimate of drug-likeness (QED) is 0.687. The minimum atomic E-state index is -0.00510. The van der Waals surface area contributed by atoms with E-state index < -0.39 is 0 Å². The van der Waals surface area contributed by atoms with Gasteiger partial charge >= 0.3 is 0 Å². The summed E-state index contributed by atoms with van der Waals surface area (Å²) in [6, 6.07) is 3.85. The zero-order chi connectivity index (χ0) is 15.8. The number of carbonyl (C=O) groups excluding carboxylic acids is 2. The first-order valence-corrected chi connectivity index (χ1v) is 7.84. The summed E-state index contributed by atoms with van der Waals surface area (Å²) in [7, 11) is 0. The molecule has 22 heavy (non-hydrogen) atoms. The number of likely N-dealkylation sites (N-methyl/N-ethyl adjacent to an activating group) is 1. The van der Waals surface area contributed by atoms with Gasteiger partial charge in [0.2, 0.25) is 5.91 Å². The van der Waals surface area contributed by atoms with E-state index in [4.69, 9.17) is 0 Å². The third kappa shape index (κ3) is 4.89. The van der Waals surface area contributed by atoms with Crippen LogP contribution in [0.25, 0.3) is 0 Å². The molecule has 0 saturated carbocycles. The predicted octanol–water partition coefficient (Wildman–Crippen LogP) is 0.584. The van der Waals surface area contributed by atoms with Gasteiger partial charge in [0, 0.05) is 30.9 Å². The molecule has 1 unspecified atom stereocenters. The van der Waals surface area contributed by atoms with E-state index in [9.17, 15) is 9.59 Å². The number of aromatic nitrogens is 1. The second-order valence-corrected chi connectivity index (χ2v) is 5.53.